The van der Waals surface area contributed by atoms with Crippen LogP contribution in [0.15, 0.2) is 0 Å². The third kappa shape index (κ3) is 4.17. The van der Waals surface area contributed by atoms with Gasteiger partial charge in [-0.05, 0) is 38.5 Å². The van der Waals surface area contributed by atoms with Gasteiger partial charge in [0.25, 0.3) is 0 Å². The number of aldehydes is 1. The molecule has 0 aromatic carbocycles. The highest BCUT2D eigenvalue weighted by Gasteiger charge is 2.39. The van der Waals surface area contributed by atoms with Crippen molar-refractivity contribution in [1.82, 2.24) is 4.90 Å². The number of rotatable bonds is 6. The van der Waals surface area contributed by atoms with Gasteiger partial charge in [0.05, 0.1) is 5.41 Å². The molecule has 4 heteroatoms. The van der Waals surface area contributed by atoms with E-state index >= 15 is 0 Å². The molecule has 2 rings (SSSR count). The van der Waals surface area contributed by atoms with Crippen molar-refractivity contribution in [3.63, 3.8) is 0 Å². The predicted octanol–water partition coefficient (Wildman–Crippen LogP) is 3.13. The highest BCUT2D eigenvalue weighted by Crippen LogP contribution is 2.31. The quantitative estimate of drug-likeness (QED) is 0.559. The minimum Gasteiger partial charge on any atom is -0.343 e. The fourth-order valence-corrected chi connectivity index (χ4v) is 3.88. The topological polar surface area (TPSA) is 54.5 Å². The molecule has 1 saturated carbocycles. The molecule has 0 atom stereocenters. The molecular weight excluding hydrogens is 278 g/mol. The van der Waals surface area contributed by atoms with E-state index in [-0.39, 0.29) is 11.7 Å². The van der Waals surface area contributed by atoms with Crippen LogP contribution in [0.5, 0.6) is 0 Å². The van der Waals surface area contributed by atoms with Gasteiger partial charge in [-0.1, -0.05) is 32.1 Å². The summed E-state index contributed by atoms with van der Waals surface area (Å²) in [7, 11) is 0. The van der Waals surface area contributed by atoms with Gasteiger partial charge in [0.1, 0.15) is 12.1 Å². The molecule has 1 amide bonds. The summed E-state index contributed by atoms with van der Waals surface area (Å²) in [4.78, 5) is 37.0. The minimum absolute atomic E-state index is 0.0631. The number of hydrogen-bond acceptors (Lipinski definition) is 3. The number of carbonyl (C=O) groups excluding carboxylic acids is 3. The van der Waals surface area contributed by atoms with Crippen LogP contribution in [0.25, 0.3) is 0 Å². The summed E-state index contributed by atoms with van der Waals surface area (Å²) in [5.41, 5.74) is -0.834. The summed E-state index contributed by atoms with van der Waals surface area (Å²) >= 11 is 0. The first-order valence-electron chi connectivity index (χ1n) is 8.82. The van der Waals surface area contributed by atoms with Crippen molar-refractivity contribution >= 4 is 18.0 Å². The van der Waals surface area contributed by atoms with Gasteiger partial charge >= 0.3 is 0 Å². The van der Waals surface area contributed by atoms with E-state index in [9.17, 15) is 14.4 Å². The highest BCUT2D eigenvalue weighted by atomic mass is 16.2. The lowest BCUT2D eigenvalue weighted by molar-refractivity contribution is -0.142. The van der Waals surface area contributed by atoms with E-state index in [4.69, 9.17) is 0 Å². The van der Waals surface area contributed by atoms with Crippen LogP contribution in [-0.4, -0.2) is 36.0 Å². The molecule has 0 spiro atoms. The number of nitrogens with zero attached hydrogens (tertiary/aromatic N) is 1. The van der Waals surface area contributed by atoms with Gasteiger partial charge in [0.2, 0.25) is 5.91 Å². The normalized spacial score (nSPS) is 22.3. The second-order valence-electron chi connectivity index (χ2n) is 7.11. The molecule has 1 saturated heterocycles. The Morgan fingerprint density at radius 1 is 1.14 bits per heavy atom. The first-order chi connectivity index (χ1) is 10.6. The third-order valence-electron chi connectivity index (χ3n) is 5.66. The van der Waals surface area contributed by atoms with Gasteiger partial charge in [-0.3, -0.25) is 9.59 Å². The van der Waals surface area contributed by atoms with E-state index in [2.05, 4.69) is 0 Å². The van der Waals surface area contributed by atoms with E-state index in [0.29, 0.717) is 32.4 Å². The van der Waals surface area contributed by atoms with Crippen LogP contribution in [0.2, 0.25) is 0 Å². The predicted molar refractivity (Wildman–Crippen MR) is 85.4 cm³/mol. The second-order valence-corrected chi connectivity index (χ2v) is 7.11. The molecule has 4 nitrogen and oxygen atoms in total. The van der Waals surface area contributed by atoms with Gasteiger partial charge in [0, 0.05) is 19.5 Å². The number of Topliss-reactive ketones (excluding diaryl/α,β-unsaturated/α-hetero) is 1. The van der Waals surface area contributed by atoms with Crippen LogP contribution in [0.4, 0.5) is 0 Å². The number of piperidine rings is 1. The van der Waals surface area contributed by atoms with Crippen LogP contribution < -0.4 is 0 Å². The van der Waals surface area contributed by atoms with E-state index in [1.807, 2.05) is 4.90 Å². The lowest BCUT2D eigenvalue weighted by Crippen LogP contribution is -2.46. The Morgan fingerprint density at radius 3 is 2.32 bits per heavy atom. The molecule has 0 N–H and O–H groups in total. The SMILES string of the molecule is CC(=O)C1(C=O)CCN(C(=O)CCCC2CCCCC2)CC1. The maximum atomic E-state index is 12.3. The van der Waals surface area contributed by atoms with Crippen molar-refractivity contribution in [2.24, 2.45) is 11.3 Å². The Labute approximate surface area is 133 Å². The molecule has 0 aromatic rings. The number of carbonyl (C=O) groups is 3. The molecule has 1 heterocycles. The van der Waals surface area contributed by atoms with Crippen molar-refractivity contribution in [3.8, 4) is 0 Å². The zero-order valence-corrected chi connectivity index (χ0v) is 13.8. The molecule has 2 fully saturated rings. The number of likely N-dealkylation sites (tertiary alicyclic amines) is 1. The van der Waals surface area contributed by atoms with Gasteiger partial charge in [-0.25, -0.2) is 0 Å². The Bertz CT molecular complexity index is 405. The van der Waals surface area contributed by atoms with Crippen LogP contribution >= 0.6 is 0 Å². The molecule has 0 bridgehead atoms. The largest absolute Gasteiger partial charge is 0.343 e. The Hall–Kier alpha value is -1.19. The van der Waals surface area contributed by atoms with Crippen LogP contribution in [-0.2, 0) is 14.4 Å². The fourth-order valence-electron chi connectivity index (χ4n) is 3.88. The van der Waals surface area contributed by atoms with Gasteiger partial charge in [0.15, 0.2) is 0 Å². The maximum absolute atomic E-state index is 12.3. The van der Waals surface area contributed by atoms with Crippen molar-refractivity contribution in [2.45, 2.75) is 71.1 Å². The molecule has 0 unspecified atom stereocenters. The summed E-state index contributed by atoms with van der Waals surface area (Å²) < 4.78 is 0. The van der Waals surface area contributed by atoms with Crippen LogP contribution in [0, 0.1) is 11.3 Å². The summed E-state index contributed by atoms with van der Waals surface area (Å²) in [6, 6.07) is 0. The fraction of sp³-hybridized carbons (Fsp3) is 0.833. The van der Waals surface area contributed by atoms with E-state index in [0.717, 1.165) is 18.6 Å². The lowest BCUT2D eigenvalue weighted by Gasteiger charge is -2.36. The standard InChI is InChI=1S/C18H29NO3/c1-15(21)18(14-20)10-12-19(13-11-18)17(22)9-5-8-16-6-3-2-4-7-16/h14,16H,2-13H2,1H3. The molecule has 1 aliphatic heterocycles. The van der Waals surface area contributed by atoms with E-state index in [1.54, 1.807) is 0 Å². The number of hydrogen-bond donors (Lipinski definition) is 0. The molecule has 2 aliphatic rings. The van der Waals surface area contributed by atoms with E-state index < -0.39 is 5.41 Å². The number of amides is 1. The van der Waals surface area contributed by atoms with Gasteiger partial charge < -0.3 is 9.69 Å². The molecule has 1 aliphatic carbocycles. The van der Waals surface area contributed by atoms with Crippen LogP contribution in [0.1, 0.15) is 71.1 Å². The first-order valence-corrected chi connectivity index (χ1v) is 8.82. The molecule has 0 radical (unpaired) electrons. The molecular formula is C18H29NO3. The first kappa shape index (κ1) is 17.2. The third-order valence-corrected chi connectivity index (χ3v) is 5.66. The summed E-state index contributed by atoms with van der Waals surface area (Å²) in [5.74, 6) is 0.953. The second kappa shape index (κ2) is 7.89. The lowest BCUT2D eigenvalue weighted by atomic mass is 9.76. The Morgan fingerprint density at radius 2 is 1.77 bits per heavy atom. The van der Waals surface area contributed by atoms with Crippen molar-refractivity contribution in [2.75, 3.05) is 13.1 Å². The van der Waals surface area contributed by atoms with Crippen LogP contribution in [0.3, 0.4) is 0 Å². The maximum Gasteiger partial charge on any atom is 0.222 e. The van der Waals surface area contributed by atoms with Crippen molar-refractivity contribution in [3.05, 3.63) is 0 Å². The van der Waals surface area contributed by atoms with Crippen molar-refractivity contribution in [1.29, 1.82) is 0 Å². The molecule has 0 aromatic heterocycles. The average Bonchev–Trinajstić information content (AvgIpc) is 2.55. The van der Waals surface area contributed by atoms with Gasteiger partial charge in [-0.15, -0.1) is 0 Å². The highest BCUT2D eigenvalue weighted by molar-refractivity contribution is 5.97. The monoisotopic (exact) mass is 307 g/mol. The zero-order chi connectivity index (χ0) is 16.0. The Kier molecular flexibility index (Phi) is 6.16. The summed E-state index contributed by atoms with van der Waals surface area (Å²) in [5, 5.41) is 0. The minimum atomic E-state index is -0.834. The Balaban J connectivity index is 1.70. The molecule has 124 valence electrons. The summed E-state index contributed by atoms with van der Waals surface area (Å²) in [6.07, 6.45) is 11.3. The zero-order valence-electron chi connectivity index (χ0n) is 13.8. The van der Waals surface area contributed by atoms with Gasteiger partial charge in [-0.2, -0.15) is 0 Å². The summed E-state index contributed by atoms with van der Waals surface area (Å²) in [6.45, 7) is 2.57. The van der Waals surface area contributed by atoms with Crippen molar-refractivity contribution < 1.29 is 14.4 Å². The van der Waals surface area contributed by atoms with E-state index in [1.165, 1.54) is 45.4 Å². The average molecular weight is 307 g/mol. The molecule has 22 heavy (non-hydrogen) atoms. The number of ketones is 1. The smallest absolute Gasteiger partial charge is 0.222 e.